The molecular formula is C16H19N5O. The highest BCUT2D eigenvalue weighted by Crippen LogP contribution is 2.46. The fourth-order valence-corrected chi connectivity index (χ4v) is 3.68. The summed E-state index contributed by atoms with van der Waals surface area (Å²) in [6.45, 7) is 2.23. The molecule has 0 radical (unpaired) electrons. The lowest BCUT2D eigenvalue weighted by Crippen LogP contribution is -2.38. The van der Waals surface area contributed by atoms with E-state index in [4.69, 9.17) is 10.9 Å². The fraction of sp³-hybridized carbons (Fsp3) is 0.375. The average Bonchev–Trinajstić information content (AvgIpc) is 2.94. The Balaban J connectivity index is 1.79. The zero-order valence-corrected chi connectivity index (χ0v) is 12.5. The predicted octanol–water partition coefficient (Wildman–Crippen LogP) is 1.39. The van der Waals surface area contributed by atoms with E-state index >= 15 is 0 Å². The van der Waals surface area contributed by atoms with E-state index in [1.165, 1.54) is 24.2 Å². The second kappa shape index (κ2) is 4.84. The van der Waals surface area contributed by atoms with Gasteiger partial charge in [-0.2, -0.15) is 5.10 Å². The molecule has 1 aromatic heterocycles. The summed E-state index contributed by atoms with van der Waals surface area (Å²) in [5.41, 5.74) is 7.45. The Morgan fingerprint density at radius 3 is 2.59 bits per heavy atom. The maximum absolute atomic E-state index is 11.6. The standard InChI is InChI=1S/C16H19N5O/c1-20-14(11-2-4-12(5-3-11)16(22)18-17)15-13(19-20)10-6-8-21(15)9-7-10/h2-5,10H,6-9,17H2,1H3,(H,18,22). The molecule has 0 saturated carbocycles. The Bertz CT molecular complexity index is 726. The molecule has 3 aliphatic rings. The molecule has 0 atom stereocenters. The number of benzene rings is 1. The molecule has 1 aromatic carbocycles. The lowest BCUT2D eigenvalue weighted by Gasteiger charge is -2.39. The second-order valence-electron chi connectivity index (χ2n) is 6.02. The first-order valence-electron chi connectivity index (χ1n) is 7.62. The number of carbonyl (C=O) groups excluding carboxylic acids is 1. The third-order valence-corrected chi connectivity index (χ3v) is 4.80. The summed E-state index contributed by atoms with van der Waals surface area (Å²) in [6.07, 6.45) is 2.41. The minimum Gasteiger partial charge on any atom is -0.368 e. The fourth-order valence-electron chi connectivity index (χ4n) is 3.68. The van der Waals surface area contributed by atoms with E-state index in [0.717, 1.165) is 24.3 Å². The van der Waals surface area contributed by atoms with E-state index in [1.54, 1.807) is 12.1 Å². The molecule has 2 bridgehead atoms. The molecule has 114 valence electrons. The molecule has 1 saturated heterocycles. The highest BCUT2D eigenvalue weighted by Gasteiger charge is 2.36. The Morgan fingerprint density at radius 2 is 1.95 bits per heavy atom. The number of nitrogens with one attached hydrogen (secondary N) is 1. The number of nitrogens with zero attached hydrogens (tertiary/aromatic N) is 3. The number of fused-ring (bicyclic) bond motifs is 2. The number of amides is 1. The number of hydrazine groups is 1. The first kappa shape index (κ1) is 13.3. The van der Waals surface area contributed by atoms with Gasteiger partial charge in [-0.05, 0) is 25.0 Å². The molecule has 6 nitrogen and oxygen atoms in total. The summed E-state index contributed by atoms with van der Waals surface area (Å²) in [7, 11) is 1.99. The van der Waals surface area contributed by atoms with Crippen LogP contribution < -0.4 is 16.2 Å². The number of nitrogens with two attached hydrogens (primary N) is 1. The van der Waals surface area contributed by atoms with Crippen LogP contribution in [0.2, 0.25) is 0 Å². The minimum absolute atomic E-state index is 0.276. The van der Waals surface area contributed by atoms with Crippen molar-refractivity contribution < 1.29 is 4.79 Å². The molecule has 2 aromatic rings. The first-order chi connectivity index (χ1) is 10.7. The van der Waals surface area contributed by atoms with Gasteiger partial charge in [0.05, 0.1) is 17.1 Å². The third kappa shape index (κ3) is 1.84. The summed E-state index contributed by atoms with van der Waals surface area (Å²) in [5.74, 6) is 5.50. The van der Waals surface area contributed by atoms with E-state index in [1.807, 2.05) is 23.9 Å². The monoisotopic (exact) mass is 297 g/mol. The molecule has 22 heavy (non-hydrogen) atoms. The molecule has 1 amide bonds. The number of rotatable bonds is 2. The zero-order valence-electron chi connectivity index (χ0n) is 12.5. The highest BCUT2D eigenvalue weighted by molar-refractivity contribution is 5.94. The SMILES string of the molecule is Cn1nc2c(c1-c1ccc(C(=O)NN)cc1)N1CCC2CC1. The largest absolute Gasteiger partial charge is 0.368 e. The van der Waals surface area contributed by atoms with Gasteiger partial charge in [-0.25, -0.2) is 5.84 Å². The molecule has 0 aliphatic carbocycles. The summed E-state index contributed by atoms with van der Waals surface area (Å²) in [6, 6.07) is 7.53. The van der Waals surface area contributed by atoms with Crippen molar-refractivity contribution in [1.82, 2.24) is 15.2 Å². The molecule has 5 rings (SSSR count). The summed E-state index contributed by atoms with van der Waals surface area (Å²) < 4.78 is 1.97. The van der Waals surface area contributed by atoms with Crippen molar-refractivity contribution in [2.75, 3.05) is 18.0 Å². The maximum atomic E-state index is 11.6. The van der Waals surface area contributed by atoms with Crippen LogP contribution in [0.25, 0.3) is 11.3 Å². The van der Waals surface area contributed by atoms with E-state index < -0.39 is 0 Å². The lowest BCUT2D eigenvalue weighted by molar-refractivity contribution is 0.0953. The number of hydrogen-bond acceptors (Lipinski definition) is 4. The van der Waals surface area contributed by atoms with Gasteiger partial charge in [0.1, 0.15) is 0 Å². The van der Waals surface area contributed by atoms with Gasteiger partial charge in [0.25, 0.3) is 5.91 Å². The molecular weight excluding hydrogens is 278 g/mol. The van der Waals surface area contributed by atoms with Crippen LogP contribution in [0.4, 0.5) is 5.69 Å². The van der Waals surface area contributed by atoms with Crippen molar-refractivity contribution >= 4 is 11.6 Å². The second-order valence-corrected chi connectivity index (χ2v) is 6.02. The quantitative estimate of drug-likeness (QED) is 0.499. The van der Waals surface area contributed by atoms with Gasteiger partial charge in [-0.3, -0.25) is 14.9 Å². The topological polar surface area (TPSA) is 76.2 Å². The number of hydrogen-bond donors (Lipinski definition) is 2. The van der Waals surface area contributed by atoms with E-state index in [9.17, 15) is 4.79 Å². The van der Waals surface area contributed by atoms with Crippen molar-refractivity contribution in [1.29, 1.82) is 0 Å². The summed E-state index contributed by atoms with van der Waals surface area (Å²) in [5, 5.41) is 4.76. The van der Waals surface area contributed by atoms with Gasteiger partial charge in [0, 0.05) is 37.2 Å². The van der Waals surface area contributed by atoms with Crippen LogP contribution in [0.1, 0.15) is 34.8 Å². The van der Waals surface area contributed by atoms with Crippen LogP contribution >= 0.6 is 0 Å². The lowest BCUT2D eigenvalue weighted by atomic mass is 9.86. The minimum atomic E-state index is -0.276. The summed E-state index contributed by atoms with van der Waals surface area (Å²) >= 11 is 0. The molecule has 3 N–H and O–H groups in total. The molecule has 1 fully saturated rings. The number of carbonyl (C=O) groups is 1. The predicted molar refractivity (Wildman–Crippen MR) is 84.5 cm³/mol. The van der Waals surface area contributed by atoms with Crippen molar-refractivity contribution in [3.8, 4) is 11.3 Å². The average molecular weight is 297 g/mol. The Labute approximate surface area is 128 Å². The van der Waals surface area contributed by atoms with E-state index in [2.05, 4.69) is 10.3 Å². The van der Waals surface area contributed by atoms with E-state index in [-0.39, 0.29) is 5.91 Å². The normalized spacial score (nSPS) is 16.7. The summed E-state index contributed by atoms with van der Waals surface area (Å²) in [4.78, 5) is 14.0. The number of aryl methyl sites for hydroxylation is 1. The van der Waals surface area contributed by atoms with Crippen LogP contribution in [0, 0.1) is 0 Å². The number of piperidine rings is 1. The van der Waals surface area contributed by atoms with Gasteiger partial charge in [0.2, 0.25) is 0 Å². The number of aromatic nitrogens is 2. The number of nitrogen functional groups attached to an aromatic ring is 1. The molecule has 0 unspecified atom stereocenters. The van der Waals surface area contributed by atoms with Gasteiger partial charge >= 0.3 is 0 Å². The molecule has 4 heterocycles. The van der Waals surface area contributed by atoms with Crippen molar-refractivity contribution in [3.05, 3.63) is 35.5 Å². The molecule has 6 heteroatoms. The number of anilines is 1. The molecule has 0 spiro atoms. The maximum Gasteiger partial charge on any atom is 0.265 e. The zero-order chi connectivity index (χ0) is 15.3. The Kier molecular flexibility index (Phi) is 2.94. The van der Waals surface area contributed by atoms with E-state index in [0.29, 0.717) is 11.5 Å². The van der Waals surface area contributed by atoms with Crippen molar-refractivity contribution in [3.63, 3.8) is 0 Å². The van der Waals surface area contributed by atoms with Crippen LogP contribution in [-0.2, 0) is 7.05 Å². The first-order valence-corrected chi connectivity index (χ1v) is 7.62. The Morgan fingerprint density at radius 1 is 1.27 bits per heavy atom. The van der Waals surface area contributed by atoms with Crippen LogP contribution in [0.15, 0.2) is 24.3 Å². The third-order valence-electron chi connectivity index (χ3n) is 4.80. The van der Waals surface area contributed by atoms with Gasteiger partial charge < -0.3 is 4.90 Å². The van der Waals surface area contributed by atoms with Gasteiger partial charge in [-0.15, -0.1) is 0 Å². The van der Waals surface area contributed by atoms with Gasteiger partial charge in [0.15, 0.2) is 0 Å². The van der Waals surface area contributed by atoms with Gasteiger partial charge in [-0.1, -0.05) is 12.1 Å². The van der Waals surface area contributed by atoms with Crippen LogP contribution in [0.5, 0.6) is 0 Å². The van der Waals surface area contributed by atoms with Crippen LogP contribution in [-0.4, -0.2) is 28.8 Å². The molecule has 3 aliphatic heterocycles. The highest BCUT2D eigenvalue weighted by atomic mass is 16.2. The smallest absolute Gasteiger partial charge is 0.265 e. The van der Waals surface area contributed by atoms with Crippen molar-refractivity contribution in [2.45, 2.75) is 18.8 Å². The Hall–Kier alpha value is -2.34. The van der Waals surface area contributed by atoms with Crippen molar-refractivity contribution in [2.24, 2.45) is 12.9 Å². The van der Waals surface area contributed by atoms with Crippen LogP contribution in [0.3, 0.4) is 0 Å².